The van der Waals surface area contributed by atoms with Gasteiger partial charge in [0.15, 0.2) is 5.78 Å². The molecule has 1 aliphatic rings. The molecule has 0 atom stereocenters. The lowest BCUT2D eigenvalue weighted by atomic mass is 9.83. The van der Waals surface area contributed by atoms with Crippen LogP contribution < -0.4 is 0 Å². The molecule has 2 aromatic carbocycles. The predicted octanol–water partition coefficient (Wildman–Crippen LogP) is 4.66. The van der Waals surface area contributed by atoms with Gasteiger partial charge in [0.2, 0.25) is 0 Å². The first-order chi connectivity index (χ1) is 10.0. The molecule has 0 heterocycles. The molecule has 0 radical (unpaired) electrons. The quantitative estimate of drug-likeness (QED) is 0.695. The highest BCUT2D eigenvalue weighted by molar-refractivity contribution is 6.13. The molecule has 106 valence electrons. The number of rotatable bonds is 1. The van der Waals surface area contributed by atoms with Crippen LogP contribution in [-0.2, 0) is 6.42 Å². The highest BCUT2D eigenvalue weighted by Crippen LogP contribution is 2.29. The zero-order valence-corrected chi connectivity index (χ0v) is 12.2. The predicted molar refractivity (Wildman–Crippen MR) is 82.9 cm³/mol. The van der Waals surface area contributed by atoms with Gasteiger partial charge in [-0.15, -0.1) is 0 Å². The number of benzene rings is 2. The molecular weight excluding hydrogens is 263 g/mol. The standard InChI is InChI=1S/C19H17FO/c1-12-9-13(2)17-8-5-15(19(21)18(17)10-12)11-14-3-6-16(20)7-4-14/h3-4,6-7,9-11H,5,8H2,1-2H3. The third-order valence-electron chi connectivity index (χ3n) is 4.01. The smallest absolute Gasteiger partial charge is 0.189 e. The van der Waals surface area contributed by atoms with E-state index in [4.69, 9.17) is 0 Å². The lowest BCUT2D eigenvalue weighted by molar-refractivity contribution is 0.102. The average Bonchev–Trinajstić information content (AvgIpc) is 2.45. The van der Waals surface area contributed by atoms with Crippen LogP contribution >= 0.6 is 0 Å². The van der Waals surface area contributed by atoms with E-state index < -0.39 is 0 Å². The summed E-state index contributed by atoms with van der Waals surface area (Å²) in [4.78, 5) is 12.7. The Kier molecular flexibility index (Phi) is 3.46. The van der Waals surface area contributed by atoms with Gasteiger partial charge >= 0.3 is 0 Å². The van der Waals surface area contributed by atoms with E-state index in [-0.39, 0.29) is 11.6 Å². The van der Waals surface area contributed by atoms with E-state index in [0.717, 1.165) is 35.1 Å². The van der Waals surface area contributed by atoms with Crippen molar-refractivity contribution in [2.24, 2.45) is 0 Å². The van der Waals surface area contributed by atoms with Crippen molar-refractivity contribution in [2.75, 3.05) is 0 Å². The minimum Gasteiger partial charge on any atom is -0.289 e. The molecule has 0 fully saturated rings. The van der Waals surface area contributed by atoms with E-state index in [1.54, 1.807) is 12.1 Å². The van der Waals surface area contributed by atoms with Crippen molar-refractivity contribution < 1.29 is 9.18 Å². The van der Waals surface area contributed by atoms with Gasteiger partial charge in [0.1, 0.15) is 5.82 Å². The van der Waals surface area contributed by atoms with Gasteiger partial charge in [0, 0.05) is 11.1 Å². The molecule has 21 heavy (non-hydrogen) atoms. The molecule has 0 saturated carbocycles. The molecule has 1 aliphatic carbocycles. The molecule has 0 saturated heterocycles. The zero-order valence-electron chi connectivity index (χ0n) is 12.2. The normalized spacial score (nSPS) is 16.1. The van der Waals surface area contributed by atoms with Crippen LogP contribution in [0.25, 0.3) is 6.08 Å². The van der Waals surface area contributed by atoms with Crippen molar-refractivity contribution >= 4 is 11.9 Å². The van der Waals surface area contributed by atoms with Gasteiger partial charge in [-0.25, -0.2) is 4.39 Å². The number of ketones is 1. The summed E-state index contributed by atoms with van der Waals surface area (Å²) < 4.78 is 12.9. The van der Waals surface area contributed by atoms with Crippen LogP contribution in [0.4, 0.5) is 4.39 Å². The van der Waals surface area contributed by atoms with Crippen LogP contribution in [-0.4, -0.2) is 5.78 Å². The summed E-state index contributed by atoms with van der Waals surface area (Å²) in [7, 11) is 0. The van der Waals surface area contributed by atoms with E-state index >= 15 is 0 Å². The lowest BCUT2D eigenvalue weighted by Gasteiger charge is -2.20. The number of halogens is 1. The third-order valence-corrected chi connectivity index (χ3v) is 4.01. The lowest BCUT2D eigenvalue weighted by Crippen LogP contribution is -2.15. The Morgan fingerprint density at radius 1 is 1.05 bits per heavy atom. The Labute approximate surface area is 124 Å². The van der Waals surface area contributed by atoms with Gasteiger partial charge in [0.25, 0.3) is 0 Å². The van der Waals surface area contributed by atoms with Gasteiger partial charge in [0.05, 0.1) is 0 Å². The fourth-order valence-electron chi connectivity index (χ4n) is 2.98. The molecule has 2 heteroatoms. The van der Waals surface area contributed by atoms with Crippen LogP contribution in [0.2, 0.25) is 0 Å². The number of hydrogen-bond acceptors (Lipinski definition) is 1. The molecule has 0 N–H and O–H groups in total. The minimum absolute atomic E-state index is 0.104. The topological polar surface area (TPSA) is 17.1 Å². The summed E-state index contributed by atoms with van der Waals surface area (Å²) in [6.45, 7) is 4.08. The Balaban J connectivity index is 2.00. The highest BCUT2D eigenvalue weighted by atomic mass is 19.1. The van der Waals surface area contributed by atoms with Gasteiger partial charge in [-0.2, -0.15) is 0 Å². The molecule has 1 nitrogen and oxygen atoms in total. The van der Waals surface area contributed by atoms with Crippen molar-refractivity contribution in [1.29, 1.82) is 0 Å². The first-order valence-electron chi connectivity index (χ1n) is 7.15. The molecule has 0 spiro atoms. The molecule has 0 amide bonds. The summed E-state index contributed by atoms with van der Waals surface area (Å²) in [5.41, 5.74) is 5.97. The van der Waals surface area contributed by atoms with E-state index in [0.29, 0.717) is 0 Å². The van der Waals surface area contributed by atoms with E-state index in [9.17, 15) is 9.18 Å². The molecule has 2 aromatic rings. The largest absolute Gasteiger partial charge is 0.289 e. The Morgan fingerprint density at radius 3 is 2.48 bits per heavy atom. The fraction of sp³-hybridized carbons (Fsp3) is 0.211. The number of carbonyl (C=O) groups excluding carboxylic acids is 1. The highest BCUT2D eigenvalue weighted by Gasteiger charge is 2.23. The number of hydrogen-bond donors (Lipinski definition) is 0. The number of fused-ring (bicyclic) bond motifs is 1. The fourth-order valence-corrected chi connectivity index (χ4v) is 2.98. The van der Waals surface area contributed by atoms with E-state index in [1.807, 2.05) is 19.1 Å². The monoisotopic (exact) mass is 280 g/mol. The second-order valence-electron chi connectivity index (χ2n) is 5.66. The first-order valence-corrected chi connectivity index (χ1v) is 7.15. The van der Waals surface area contributed by atoms with Gasteiger partial charge in [-0.1, -0.05) is 23.8 Å². The first kappa shape index (κ1) is 13.7. The molecule has 0 aromatic heterocycles. The van der Waals surface area contributed by atoms with Crippen molar-refractivity contribution in [3.8, 4) is 0 Å². The molecule has 0 aliphatic heterocycles. The van der Waals surface area contributed by atoms with Crippen molar-refractivity contribution in [1.82, 2.24) is 0 Å². The van der Waals surface area contributed by atoms with Gasteiger partial charge < -0.3 is 0 Å². The number of Topliss-reactive ketones (excluding diaryl/α,β-unsaturated/α-hetero) is 1. The summed E-state index contributed by atoms with van der Waals surface area (Å²) in [5.74, 6) is -0.156. The molecule has 0 bridgehead atoms. The molecular formula is C19H17FO. The summed E-state index contributed by atoms with van der Waals surface area (Å²) >= 11 is 0. The average molecular weight is 280 g/mol. The minimum atomic E-state index is -0.260. The van der Waals surface area contributed by atoms with Crippen LogP contribution in [0.5, 0.6) is 0 Å². The summed E-state index contributed by atoms with van der Waals surface area (Å²) in [5, 5.41) is 0. The Morgan fingerprint density at radius 2 is 1.76 bits per heavy atom. The number of carbonyl (C=O) groups is 1. The van der Waals surface area contributed by atoms with Gasteiger partial charge in [-0.05, 0) is 67.7 Å². The van der Waals surface area contributed by atoms with Crippen LogP contribution in [0.15, 0.2) is 42.0 Å². The van der Waals surface area contributed by atoms with Crippen molar-refractivity contribution in [3.63, 3.8) is 0 Å². The van der Waals surface area contributed by atoms with E-state index in [1.165, 1.54) is 23.3 Å². The molecule has 3 rings (SSSR count). The SMILES string of the molecule is Cc1cc(C)c2c(c1)C(=O)C(=Cc1ccc(F)cc1)CC2. The summed E-state index contributed by atoms with van der Waals surface area (Å²) in [6, 6.07) is 10.3. The number of allylic oxidation sites excluding steroid dienone is 1. The van der Waals surface area contributed by atoms with Crippen molar-refractivity contribution in [3.05, 3.63) is 75.6 Å². The maximum Gasteiger partial charge on any atom is 0.189 e. The number of aryl methyl sites for hydroxylation is 2. The summed E-state index contributed by atoms with van der Waals surface area (Å²) in [6.07, 6.45) is 3.51. The van der Waals surface area contributed by atoms with Gasteiger partial charge in [-0.3, -0.25) is 4.79 Å². The van der Waals surface area contributed by atoms with Crippen molar-refractivity contribution in [2.45, 2.75) is 26.7 Å². The van der Waals surface area contributed by atoms with E-state index in [2.05, 4.69) is 13.0 Å². The van der Waals surface area contributed by atoms with Crippen LogP contribution in [0.1, 0.15) is 39.0 Å². The second kappa shape index (κ2) is 5.28. The zero-order chi connectivity index (χ0) is 15.0. The van der Waals surface area contributed by atoms with Crippen LogP contribution in [0, 0.1) is 19.7 Å². The Bertz CT molecular complexity index is 739. The van der Waals surface area contributed by atoms with Crippen LogP contribution in [0.3, 0.4) is 0 Å². The maximum absolute atomic E-state index is 12.9. The Hall–Kier alpha value is -2.22. The second-order valence-corrected chi connectivity index (χ2v) is 5.66. The molecule has 0 unspecified atom stereocenters. The maximum atomic E-state index is 12.9. The third kappa shape index (κ3) is 2.66.